The molecule has 3 rings (SSSR count). The highest BCUT2D eigenvalue weighted by Gasteiger charge is 2.19. The number of hydrogen-bond donors (Lipinski definition) is 1. The monoisotopic (exact) mass is 286 g/mol. The number of nitrogens with zero attached hydrogens (tertiary/aromatic N) is 1. The highest BCUT2D eigenvalue weighted by Crippen LogP contribution is 2.32. The van der Waals surface area contributed by atoms with E-state index in [0.717, 1.165) is 0 Å². The number of ether oxygens (including phenoxy) is 2. The van der Waals surface area contributed by atoms with E-state index in [2.05, 4.69) is 5.32 Å². The molecular formula is C15H14N2O4. The van der Waals surface area contributed by atoms with Crippen LogP contribution in [0.4, 0.5) is 5.69 Å². The Kier molecular flexibility index (Phi) is 3.35. The number of amides is 1. The van der Waals surface area contributed by atoms with Crippen molar-refractivity contribution in [2.24, 2.45) is 7.05 Å². The summed E-state index contributed by atoms with van der Waals surface area (Å²) in [6.45, 7) is 0.970. The van der Waals surface area contributed by atoms with Crippen molar-refractivity contribution in [1.29, 1.82) is 0 Å². The number of rotatable bonds is 3. The largest absolute Gasteiger partial charge is 0.486 e. The van der Waals surface area contributed by atoms with E-state index < -0.39 is 11.7 Å². The van der Waals surface area contributed by atoms with Crippen LogP contribution in [0.15, 0.2) is 36.5 Å². The van der Waals surface area contributed by atoms with E-state index in [0.29, 0.717) is 36.1 Å². The summed E-state index contributed by atoms with van der Waals surface area (Å²) in [7, 11) is 1.71. The first kappa shape index (κ1) is 13.2. The fraction of sp³-hybridized carbons (Fsp3) is 0.200. The smallest absolute Gasteiger partial charge is 0.298 e. The second-order valence-electron chi connectivity index (χ2n) is 4.65. The molecule has 6 heteroatoms. The maximum Gasteiger partial charge on any atom is 0.298 e. The standard InChI is InChI=1S/C15H14N2O4/c1-17-6-2-3-11(17)14(18)15(19)16-10-4-5-12-13(9-10)21-8-7-20-12/h2-6,9H,7-8H2,1H3,(H,16,19). The van der Waals surface area contributed by atoms with Crippen LogP contribution in [-0.4, -0.2) is 29.5 Å². The highest BCUT2D eigenvalue weighted by molar-refractivity contribution is 6.46. The number of fused-ring (bicyclic) bond motifs is 1. The molecule has 0 unspecified atom stereocenters. The summed E-state index contributed by atoms with van der Waals surface area (Å²) < 4.78 is 12.4. The molecular weight excluding hydrogens is 272 g/mol. The van der Waals surface area contributed by atoms with E-state index in [9.17, 15) is 9.59 Å². The van der Waals surface area contributed by atoms with E-state index in [1.807, 2.05) is 0 Å². The molecule has 0 radical (unpaired) electrons. The van der Waals surface area contributed by atoms with E-state index in [1.54, 1.807) is 48.1 Å². The second kappa shape index (κ2) is 5.32. The molecule has 0 bridgehead atoms. The van der Waals surface area contributed by atoms with Crippen LogP contribution in [0.3, 0.4) is 0 Å². The molecule has 6 nitrogen and oxygen atoms in total. The first-order valence-electron chi connectivity index (χ1n) is 6.52. The van der Waals surface area contributed by atoms with Gasteiger partial charge in [0.15, 0.2) is 11.5 Å². The van der Waals surface area contributed by atoms with Crippen molar-refractivity contribution in [3.05, 3.63) is 42.2 Å². The van der Waals surface area contributed by atoms with Crippen LogP contribution in [0.1, 0.15) is 10.5 Å². The first-order chi connectivity index (χ1) is 10.1. The molecule has 1 N–H and O–H groups in total. The molecule has 21 heavy (non-hydrogen) atoms. The molecule has 1 aliphatic heterocycles. The number of benzene rings is 1. The third kappa shape index (κ3) is 2.60. The Bertz CT molecular complexity index is 705. The van der Waals surface area contributed by atoms with Gasteiger partial charge in [-0.25, -0.2) is 0 Å². The van der Waals surface area contributed by atoms with Crippen molar-refractivity contribution in [2.45, 2.75) is 0 Å². The first-order valence-corrected chi connectivity index (χ1v) is 6.52. The van der Waals surface area contributed by atoms with Crippen LogP contribution >= 0.6 is 0 Å². The Morgan fingerprint density at radius 2 is 1.90 bits per heavy atom. The van der Waals surface area contributed by atoms with Crippen molar-refractivity contribution in [2.75, 3.05) is 18.5 Å². The molecule has 1 aromatic heterocycles. The zero-order valence-corrected chi connectivity index (χ0v) is 11.5. The lowest BCUT2D eigenvalue weighted by Gasteiger charge is -2.18. The van der Waals surface area contributed by atoms with Crippen LogP contribution < -0.4 is 14.8 Å². The third-order valence-electron chi connectivity index (χ3n) is 3.18. The number of carbonyl (C=O) groups excluding carboxylic acids is 2. The minimum Gasteiger partial charge on any atom is -0.486 e. The number of carbonyl (C=O) groups is 2. The summed E-state index contributed by atoms with van der Waals surface area (Å²) in [5, 5.41) is 2.57. The number of anilines is 1. The van der Waals surface area contributed by atoms with Gasteiger partial charge < -0.3 is 19.4 Å². The molecule has 0 saturated heterocycles. The number of aryl methyl sites for hydroxylation is 1. The molecule has 0 spiro atoms. The van der Waals surface area contributed by atoms with Gasteiger partial charge in [-0.05, 0) is 24.3 Å². The number of nitrogens with one attached hydrogen (secondary N) is 1. The van der Waals surface area contributed by atoms with Gasteiger partial charge in [0, 0.05) is 25.0 Å². The average Bonchev–Trinajstić information content (AvgIpc) is 2.92. The summed E-state index contributed by atoms with van der Waals surface area (Å²) >= 11 is 0. The second-order valence-corrected chi connectivity index (χ2v) is 4.65. The minimum absolute atomic E-state index is 0.338. The zero-order chi connectivity index (χ0) is 14.8. The summed E-state index contributed by atoms with van der Waals surface area (Å²) in [5.74, 6) is -0.0794. The van der Waals surface area contributed by atoms with Crippen LogP contribution in [-0.2, 0) is 11.8 Å². The van der Waals surface area contributed by atoms with Gasteiger partial charge in [0.2, 0.25) is 0 Å². The topological polar surface area (TPSA) is 69.6 Å². The molecule has 2 heterocycles. The molecule has 1 aromatic carbocycles. The van der Waals surface area contributed by atoms with Gasteiger partial charge in [-0.1, -0.05) is 0 Å². The lowest BCUT2D eigenvalue weighted by Crippen LogP contribution is -2.24. The molecule has 0 saturated carbocycles. The van der Waals surface area contributed by atoms with Crippen molar-refractivity contribution < 1.29 is 19.1 Å². The summed E-state index contributed by atoms with van der Waals surface area (Å²) in [5.41, 5.74) is 0.830. The molecule has 0 atom stereocenters. The van der Waals surface area contributed by atoms with Crippen LogP contribution in [0.5, 0.6) is 11.5 Å². The predicted molar refractivity (Wildman–Crippen MR) is 75.8 cm³/mol. The lowest BCUT2D eigenvalue weighted by atomic mass is 10.2. The number of ketones is 1. The minimum atomic E-state index is -0.687. The maximum atomic E-state index is 12.0. The van der Waals surface area contributed by atoms with Crippen LogP contribution in [0.2, 0.25) is 0 Å². The van der Waals surface area contributed by atoms with Gasteiger partial charge >= 0.3 is 0 Å². The van der Waals surface area contributed by atoms with Gasteiger partial charge in [0.05, 0.1) is 5.69 Å². The van der Waals surface area contributed by atoms with Gasteiger partial charge in [0.25, 0.3) is 11.7 Å². The Morgan fingerprint density at radius 3 is 2.62 bits per heavy atom. The molecule has 1 aliphatic rings. The highest BCUT2D eigenvalue weighted by atomic mass is 16.6. The average molecular weight is 286 g/mol. The molecule has 108 valence electrons. The fourth-order valence-electron chi connectivity index (χ4n) is 2.12. The van der Waals surface area contributed by atoms with E-state index in [-0.39, 0.29) is 0 Å². The Hall–Kier alpha value is -2.76. The molecule has 1 amide bonds. The van der Waals surface area contributed by atoms with Gasteiger partial charge in [0.1, 0.15) is 13.2 Å². The van der Waals surface area contributed by atoms with Gasteiger partial charge in [-0.2, -0.15) is 0 Å². The van der Waals surface area contributed by atoms with Crippen molar-refractivity contribution in [1.82, 2.24) is 4.57 Å². The van der Waals surface area contributed by atoms with Crippen LogP contribution in [0.25, 0.3) is 0 Å². The van der Waals surface area contributed by atoms with Crippen molar-refractivity contribution >= 4 is 17.4 Å². The molecule has 0 fully saturated rings. The Balaban J connectivity index is 1.76. The van der Waals surface area contributed by atoms with E-state index in [4.69, 9.17) is 9.47 Å². The van der Waals surface area contributed by atoms with Gasteiger partial charge in [-0.15, -0.1) is 0 Å². The number of Topliss-reactive ketones (excluding diaryl/α,β-unsaturated/α-hetero) is 1. The van der Waals surface area contributed by atoms with Crippen molar-refractivity contribution in [3.63, 3.8) is 0 Å². The van der Waals surface area contributed by atoms with E-state index >= 15 is 0 Å². The fourth-order valence-corrected chi connectivity index (χ4v) is 2.12. The summed E-state index contributed by atoms with van der Waals surface area (Å²) in [4.78, 5) is 24.0. The lowest BCUT2D eigenvalue weighted by molar-refractivity contribution is -0.112. The van der Waals surface area contributed by atoms with Crippen LogP contribution in [0, 0.1) is 0 Å². The zero-order valence-electron chi connectivity index (χ0n) is 11.5. The number of hydrogen-bond acceptors (Lipinski definition) is 4. The predicted octanol–water partition coefficient (Wildman–Crippen LogP) is 1.62. The molecule has 2 aromatic rings. The summed E-state index contributed by atoms with van der Waals surface area (Å²) in [6.07, 6.45) is 1.71. The van der Waals surface area contributed by atoms with E-state index in [1.165, 1.54) is 0 Å². The van der Waals surface area contributed by atoms with Crippen molar-refractivity contribution in [3.8, 4) is 11.5 Å². The third-order valence-corrected chi connectivity index (χ3v) is 3.18. The Labute approximate surface area is 121 Å². The maximum absolute atomic E-state index is 12.0. The molecule has 0 aliphatic carbocycles. The summed E-state index contributed by atoms with van der Waals surface area (Å²) in [6, 6.07) is 8.34. The van der Waals surface area contributed by atoms with Gasteiger partial charge in [-0.3, -0.25) is 9.59 Å². The Morgan fingerprint density at radius 1 is 1.14 bits per heavy atom. The quantitative estimate of drug-likeness (QED) is 0.687. The normalized spacial score (nSPS) is 12.8. The SMILES string of the molecule is Cn1cccc1C(=O)C(=O)Nc1ccc2c(c1)OCCO2. The number of aromatic nitrogens is 1.